The molecule has 1 aliphatic heterocycles. The number of nitrogens with one attached hydrogen (secondary N) is 1. The summed E-state index contributed by atoms with van der Waals surface area (Å²) in [5.41, 5.74) is -0.574. The van der Waals surface area contributed by atoms with Gasteiger partial charge in [-0.2, -0.15) is 0 Å². The molecule has 0 aromatic carbocycles. The first-order valence-corrected chi connectivity index (χ1v) is 7.53. The second-order valence-electron chi connectivity index (χ2n) is 7.11. The van der Waals surface area contributed by atoms with Crippen LogP contribution >= 0.6 is 0 Å². The van der Waals surface area contributed by atoms with Gasteiger partial charge in [-0.25, -0.2) is 9.59 Å². The highest BCUT2D eigenvalue weighted by molar-refractivity contribution is 5.86. The zero-order valence-corrected chi connectivity index (χ0v) is 14.0. The molecule has 1 heterocycles. The van der Waals surface area contributed by atoms with Crippen molar-refractivity contribution in [2.24, 2.45) is 11.3 Å². The van der Waals surface area contributed by atoms with Crippen LogP contribution in [0.2, 0.25) is 0 Å². The summed E-state index contributed by atoms with van der Waals surface area (Å²) in [6.45, 7) is 6.28. The molecule has 22 heavy (non-hydrogen) atoms. The van der Waals surface area contributed by atoms with Crippen molar-refractivity contribution in [2.45, 2.75) is 39.7 Å². The molecule has 7 nitrogen and oxygen atoms in total. The average molecular weight is 313 g/mol. The molecule has 3 amide bonds. The standard InChI is InChI=1S/C15H27N3O4/c1-15(2,3)11(13(20)21)16-12(19)10-7-6-8-18(9-10)14(22)17(4)5/h10-11H,6-9H2,1-5H3,(H,16,19)(H,20,21)/t10-,11-/m1/s1. The number of carbonyl (C=O) groups is 3. The molecule has 0 aromatic heterocycles. The van der Waals surface area contributed by atoms with Crippen LogP contribution in [-0.2, 0) is 9.59 Å². The van der Waals surface area contributed by atoms with Crippen molar-refractivity contribution in [1.82, 2.24) is 15.1 Å². The van der Waals surface area contributed by atoms with Crippen LogP contribution in [0.4, 0.5) is 4.79 Å². The van der Waals surface area contributed by atoms with Crippen molar-refractivity contribution in [3.63, 3.8) is 0 Å². The number of amides is 3. The van der Waals surface area contributed by atoms with E-state index in [9.17, 15) is 19.5 Å². The molecule has 2 N–H and O–H groups in total. The average Bonchev–Trinajstić information content (AvgIpc) is 2.42. The van der Waals surface area contributed by atoms with E-state index in [4.69, 9.17) is 0 Å². The number of carboxylic acids is 1. The van der Waals surface area contributed by atoms with Crippen molar-refractivity contribution in [3.8, 4) is 0 Å². The Morgan fingerprint density at radius 1 is 1.27 bits per heavy atom. The minimum Gasteiger partial charge on any atom is -0.480 e. The van der Waals surface area contributed by atoms with Crippen LogP contribution in [0.1, 0.15) is 33.6 Å². The lowest BCUT2D eigenvalue weighted by molar-refractivity contribution is -0.145. The zero-order valence-electron chi connectivity index (χ0n) is 14.0. The maximum atomic E-state index is 12.4. The molecule has 1 saturated heterocycles. The van der Waals surface area contributed by atoms with Gasteiger partial charge in [0.2, 0.25) is 5.91 Å². The molecule has 0 radical (unpaired) electrons. The van der Waals surface area contributed by atoms with Crippen LogP contribution in [-0.4, -0.2) is 66.0 Å². The number of aliphatic carboxylic acids is 1. The summed E-state index contributed by atoms with van der Waals surface area (Å²) < 4.78 is 0. The van der Waals surface area contributed by atoms with Gasteiger partial charge in [-0.15, -0.1) is 0 Å². The molecule has 0 spiro atoms. The Labute approximate surface area is 131 Å². The van der Waals surface area contributed by atoms with E-state index >= 15 is 0 Å². The van der Waals surface area contributed by atoms with Gasteiger partial charge in [0.15, 0.2) is 0 Å². The Hall–Kier alpha value is -1.79. The number of carboxylic acid groups (broad SMARTS) is 1. The lowest BCUT2D eigenvalue weighted by Gasteiger charge is -2.35. The van der Waals surface area contributed by atoms with Gasteiger partial charge in [0.1, 0.15) is 6.04 Å². The highest BCUT2D eigenvalue weighted by atomic mass is 16.4. The Kier molecular flexibility index (Phi) is 5.79. The van der Waals surface area contributed by atoms with Crippen molar-refractivity contribution in [1.29, 1.82) is 0 Å². The maximum Gasteiger partial charge on any atom is 0.326 e. The molecule has 1 rings (SSSR count). The van der Waals surface area contributed by atoms with Crippen molar-refractivity contribution < 1.29 is 19.5 Å². The summed E-state index contributed by atoms with van der Waals surface area (Å²) in [4.78, 5) is 38.8. The first kappa shape index (κ1) is 18.3. The lowest BCUT2D eigenvalue weighted by atomic mass is 9.86. The van der Waals surface area contributed by atoms with Gasteiger partial charge in [0.05, 0.1) is 5.92 Å². The van der Waals surface area contributed by atoms with Gasteiger partial charge in [-0.1, -0.05) is 20.8 Å². The fourth-order valence-electron chi connectivity index (χ4n) is 2.56. The van der Waals surface area contributed by atoms with E-state index in [0.29, 0.717) is 19.5 Å². The van der Waals surface area contributed by atoms with E-state index in [0.717, 1.165) is 6.42 Å². The molecule has 0 unspecified atom stereocenters. The third kappa shape index (κ3) is 4.61. The topological polar surface area (TPSA) is 90.0 Å². The van der Waals surface area contributed by atoms with E-state index in [2.05, 4.69) is 5.32 Å². The second-order valence-corrected chi connectivity index (χ2v) is 7.11. The number of likely N-dealkylation sites (tertiary alicyclic amines) is 1. The zero-order chi connectivity index (χ0) is 17.1. The number of carbonyl (C=O) groups excluding carboxylic acids is 2. The minimum atomic E-state index is -1.04. The summed E-state index contributed by atoms with van der Waals surface area (Å²) in [6.07, 6.45) is 1.41. The van der Waals surface area contributed by atoms with Gasteiger partial charge in [0.25, 0.3) is 0 Å². The predicted octanol–water partition coefficient (Wildman–Crippen LogP) is 0.996. The molecule has 2 atom stereocenters. The van der Waals surface area contributed by atoms with Crippen molar-refractivity contribution >= 4 is 17.9 Å². The van der Waals surface area contributed by atoms with Crippen LogP contribution in [0.5, 0.6) is 0 Å². The summed E-state index contributed by atoms with van der Waals surface area (Å²) in [5, 5.41) is 11.9. The molecule has 1 aliphatic rings. The lowest BCUT2D eigenvalue weighted by Crippen LogP contribution is -2.54. The molecular weight excluding hydrogens is 286 g/mol. The van der Waals surface area contributed by atoms with E-state index < -0.39 is 17.4 Å². The molecule has 7 heteroatoms. The monoisotopic (exact) mass is 313 g/mol. The first-order valence-electron chi connectivity index (χ1n) is 7.53. The fourth-order valence-corrected chi connectivity index (χ4v) is 2.56. The number of rotatable bonds is 3. The van der Waals surface area contributed by atoms with Gasteiger partial charge < -0.3 is 20.2 Å². The number of nitrogens with zero attached hydrogens (tertiary/aromatic N) is 2. The van der Waals surface area contributed by atoms with E-state index in [1.165, 1.54) is 4.90 Å². The molecule has 126 valence electrons. The largest absolute Gasteiger partial charge is 0.480 e. The SMILES string of the molecule is CN(C)C(=O)N1CCC[C@@H](C(=O)N[C@H](C(=O)O)C(C)(C)C)C1. The smallest absolute Gasteiger partial charge is 0.326 e. The van der Waals surface area contributed by atoms with E-state index in [-0.39, 0.29) is 17.9 Å². The number of piperidine rings is 1. The molecule has 0 bridgehead atoms. The van der Waals surface area contributed by atoms with Crippen LogP contribution in [0.3, 0.4) is 0 Å². The molecular formula is C15H27N3O4. The van der Waals surface area contributed by atoms with Crippen LogP contribution in [0.15, 0.2) is 0 Å². The van der Waals surface area contributed by atoms with Crippen molar-refractivity contribution in [3.05, 3.63) is 0 Å². The normalized spacial score (nSPS) is 20.2. The van der Waals surface area contributed by atoms with E-state index in [1.54, 1.807) is 39.8 Å². The summed E-state index contributed by atoms with van der Waals surface area (Å²) in [6, 6.07) is -1.07. The number of hydrogen-bond donors (Lipinski definition) is 2. The van der Waals surface area contributed by atoms with Gasteiger partial charge in [-0.3, -0.25) is 4.79 Å². The number of urea groups is 1. The van der Waals surface area contributed by atoms with E-state index in [1.807, 2.05) is 0 Å². The quantitative estimate of drug-likeness (QED) is 0.813. The van der Waals surface area contributed by atoms with Gasteiger partial charge in [-0.05, 0) is 18.3 Å². The Bertz CT molecular complexity index is 443. The summed E-state index contributed by atoms with van der Waals surface area (Å²) in [5.74, 6) is -1.70. The first-order chi connectivity index (χ1) is 10.0. The Morgan fingerprint density at radius 3 is 2.32 bits per heavy atom. The third-order valence-electron chi connectivity index (χ3n) is 3.84. The fraction of sp³-hybridized carbons (Fsp3) is 0.800. The minimum absolute atomic E-state index is 0.122. The predicted molar refractivity (Wildman–Crippen MR) is 82.4 cm³/mol. The Balaban J connectivity index is 2.72. The summed E-state index contributed by atoms with van der Waals surface area (Å²) >= 11 is 0. The maximum absolute atomic E-state index is 12.4. The van der Waals surface area contributed by atoms with Crippen molar-refractivity contribution in [2.75, 3.05) is 27.2 Å². The highest BCUT2D eigenvalue weighted by Gasteiger charge is 2.36. The molecule has 0 aliphatic carbocycles. The van der Waals surface area contributed by atoms with Crippen LogP contribution < -0.4 is 5.32 Å². The van der Waals surface area contributed by atoms with Gasteiger partial charge in [0, 0.05) is 27.2 Å². The van der Waals surface area contributed by atoms with Crippen LogP contribution in [0, 0.1) is 11.3 Å². The van der Waals surface area contributed by atoms with Gasteiger partial charge >= 0.3 is 12.0 Å². The molecule has 1 fully saturated rings. The third-order valence-corrected chi connectivity index (χ3v) is 3.84. The second kappa shape index (κ2) is 6.98. The number of hydrogen-bond acceptors (Lipinski definition) is 3. The Morgan fingerprint density at radius 2 is 1.86 bits per heavy atom. The van der Waals surface area contributed by atoms with Crippen LogP contribution in [0.25, 0.3) is 0 Å². The molecule has 0 saturated carbocycles. The summed E-state index contributed by atoms with van der Waals surface area (Å²) in [7, 11) is 3.35. The highest BCUT2D eigenvalue weighted by Crippen LogP contribution is 2.22. The molecule has 0 aromatic rings.